The van der Waals surface area contributed by atoms with E-state index in [1.165, 1.54) is 4.90 Å². The number of methoxy groups -OCH3 is 2. The van der Waals surface area contributed by atoms with Gasteiger partial charge in [0.15, 0.2) is 11.5 Å². The molecular formula is C26H30N2O6. The van der Waals surface area contributed by atoms with Crippen LogP contribution in [0.5, 0.6) is 11.5 Å². The van der Waals surface area contributed by atoms with Crippen LogP contribution >= 0.6 is 0 Å². The molecule has 1 atom stereocenters. The number of imide groups is 1. The average molecular weight is 467 g/mol. The predicted molar refractivity (Wildman–Crippen MR) is 126 cm³/mol. The number of unbranched alkanes of at least 4 members (excludes halogenated alkanes) is 1. The molecule has 2 aromatic carbocycles. The maximum atomic E-state index is 13.3. The minimum absolute atomic E-state index is 0.127. The number of anilines is 1. The van der Waals surface area contributed by atoms with Crippen molar-refractivity contribution in [2.75, 3.05) is 32.3 Å². The molecule has 0 bridgehead atoms. The van der Waals surface area contributed by atoms with E-state index >= 15 is 0 Å². The molecule has 180 valence electrons. The highest BCUT2D eigenvalue weighted by atomic mass is 16.5. The molecule has 4 rings (SSSR count). The van der Waals surface area contributed by atoms with Gasteiger partial charge in [0.2, 0.25) is 5.91 Å². The third-order valence-electron chi connectivity index (χ3n) is 6.40. The SMILES string of the molecule is CCCCOC(=O)c1ccc(N2C(=O)C[C@@H](N3CCc4cc(OC)c(OC)cc4C3)C2=O)cc1. The van der Waals surface area contributed by atoms with Gasteiger partial charge in [-0.15, -0.1) is 0 Å². The standard InChI is InChI=1S/C26H30N2O6/c1-4-5-12-34-26(31)17-6-8-20(9-7-17)28-24(29)15-21(25(28)30)27-11-10-18-13-22(32-2)23(33-3)14-19(18)16-27/h6-9,13-14,21H,4-5,10-12,15-16H2,1-3H3/t21-/m1/s1. The summed E-state index contributed by atoms with van der Waals surface area (Å²) < 4.78 is 16.0. The van der Waals surface area contributed by atoms with Crippen molar-refractivity contribution < 1.29 is 28.6 Å². The summed E-state index contributed by atoms with van der Waals surface area (Å²) >= 11 is 0. The Bertz CT molecular complexity index is 1080. The fourth-order valence-electron chi connectivity index (χ4n) is 4.48. The molecule has 2 heterocycles. The summed E-state index contributed by atoms with van der Waals surface area (Å²) in [5.74, 6) is 0.437. The molecule has 2 amide bonds. The van der Waals surface area contributed by atoms with Crippen LogP contribution in [0.2, 0.25) is 0 Å². The molecule has 0 saturated carbocycles. The van der Waals surface area contributed by atoms with Crippen LogP contribution in [-0.2, 0) is 27.3 Å². The van der Waals surface area contributed by atoms with Crippen molar-refractivity contribution >= 4 is 23.5 Å². The number of rotatable bonds is 8. The molecule has 2 aliphatic rings. The Morgan fingerprint density at radius 3 is 2.35 bits per heavy atom. The number of fused-ring (bicyclic) bond motifs is 1. The topological polar surface area (TPSA) is 85.4 Å². The summed E-state index contributed by atoms with van der Waals surface area (Å²) in [7, 11) is 3.21. The maximum Gasteiger partial charge on any atom is 0.338 e. The molecule has 34 heavy (non-hydrogen) atoms. The zero-order valence-corrected chi connectivity index (χ0v) is 19.8. The van der Waals surface area contributed by atoms with Crippen molar-refractivity contribution in [1.29, 1.82) is 0 Å². The maximum absolute atomic E-state index is 13.3. The van der Waals surface area contributed by atoms with Crippen molar-refractivity contribution in [1.82, 2.24) is 4.90 Å². The molecule has 0 aromatic heterocycles. The van der Waals surface area contributed by atoms with Gasteiger partial charge in [-0.25, -0.2) is 9.69 Å². The van der Waals surface area contributed by atoms with E-state index in [4.69, 9.17) is 14.2 Å². The number of ether oxygens (including phenoxy) is 3. The normalized spacial score (nSPS) is 18.1. The molecule has 0 radical (unpaired) electrons. The Labute approximate surface area is 199 Å². The van der Waals surface area contributed by atoms with Gasteiger partial charge < -0.3 is 14.2 Å². The lowest BCUT2D eigenvalue weighted by Gasteiger charge is -2.32. The highest BCUT2D eigenvalue weighted by Crippen LogP contribution is 2.35. The van der Waals surface area contributed by atoms with Crippen LogP contribution in [0.15, 0.2) is 36.4 Å². The zero-order chi connectivity index (χ0) is 24.2. The van der Waals surface area contributed by atoms with Crippen LogP contribution in [-0.4, -0.2) is 56.1 Å². The molecule has 8 nitrogen and oxygen atoms in total. The fraction of sp³-hybridized carbons (Fsp3) is 0.423. The number of carbonyl (C=O) groups is 3. The van der Waals surface area contributed by atoms with Crippen LogP contribution in [0.25, 0.3) is 0 Å². The summed E-state index contributed by atoms with van der Waals surface area (Å²) in [5.41, 5.74) is 3.08. The van der Waals surface area contributed by atoms with Crippen molar-refractivity contribution in [2.45, 2.75) is 45.2 Å². The van der Waals surface area contributed by atoms with Gasteiger partial charge in [0.1, 0.15) is 0 Å². The van der Waals surface area contributed by atoms with E-state index < -0.39 is 12.0 Å². The number of nitrogens with zero attached hydrogens (tertiary/aromatic N) is 2. The van der Waals surface area contributed by atoms with Gasteiger partial charge in [0, 0.05) is 13.1 Å². The third-order valence-corrected chi connectivity index (χ3v) is 6.40. The second-order valence-corrected chi connectivity index (χ2v) is 8.52. The number of carbonyl (C=O) groups excluding carboxylic acids is 3. The van der Waals surface area contributed by atoms with E-state index in [-0.39, 0.29) is 18.2 Å². The Balaban J connectivity index is 1.47. The largest absolute Gasteiger partial charge is 0.493 e. The van der Waals surface area contributed by atoms with Gasteiger partial charge in [0.25, 0.3) is 5.91 Å². The molecule has 0 spiro atoms. The van der Waals surface area contributed by atoms with Crippen LogP contribution in [0, 0.1) is 0 Å². The number of hydrogen-bond donors (Lipinski definition) is 0. The van der Waals surface area contributed by atoms with E-state index in [1.54, 1.807) is 38.5 Å². The summed E-state index contributed by atoms with van der Waals surface area (Å²) in [5, 5.41) is 0. The van der Waals surface area contributed by atoms with E-state index in [1.807, 2.05) is 24.0 Å². The average Bonchev–Trinajstić information content (AvgIpc) is 3.16. The number of benzene rings is 2. The van der Waals surface area contributed by atoms with Crippen molar-refractivity contribution in [3.05, 3.63) is 53.1 Å². The number of amides is 2. The highest BCUT2D eigenvalue weighted by molar-refractivity contribution is 6.22. The van der Waals surface area contributed by atoms with Gasteiger partial charge in [-0.3, -0.25) is 14.5 Å². The Kier molecular flexibility index (Phi) is 7.17. The van der Waals surface area contributed by atoms with Crippen molar-refractivity contribution in [3.8, 4) is 11.5 Å². The number of hydrogen-bond acceptors (Lipinski definition) is 7. The molecule has 2 aromatic rings. The molecule has 0 aliphatic carbocycles. The Hall–Kier alpha value is -3.39. The highest BCUT2D eigenvalue weighted by Gasteiger charge is 2.43. The molecule has 8 heteroatoms. The van der Waals surface area contributed by atoms with Gasteiger partial charge in [-0.1, -0.05) is 13.3 Å². The summed E-state index contributed by atoms with van der Waals surface area (Å²) in [6.07, 6.45) is 2.63. The first kappa shape index (κ1) is 23.8. The van der Waals surface area contributed by atoms with E-state index in [2.05, 4.69) is 0 Å². The van der Waals surface area contributed by atoms with Crippen LogP contribution in [0.1, 0.15) is 47.7 Å². The molecular weight excluding hydrogens is 436 g/mol. The molecule has 0 unspecified atom stereocenters. The minimum Gasteiger partial charge on any atom is -0.493 e. The van der Waals surface area contributed by atoms with Gasteiger partial charge in [-0.05, 0) is 60.4 Å². The smallest absolute Gasteiger partial charge is 0.338 e. The first-order chi connectivity index (χ1) is 16.5. The lowest BCUT2D eigenvalue weighted by molar-refractivity contribution is -0.123. The molecule has 1 fully saturated rings. The van der Waals surface area contributed by atoms with Crippen LogP contribution in [0.4, 0.5) is 5.69 Å². The third kappa shape index (κ3) is 4.63. The lowest BCUT2D eigenvalue weighted by Crippen LogP contribution is -2.44. The molecule has 2 aliphatic heterocycles. The minimum atomic E-state index is -0.521. The van der Waals surface area contributed by atoms with Gasteiger partial charge in [-0.2, -0.15) is 0 Å². The van der Waals surface area contributed by atoms with E-state index in [9.17, 15) is 14.4 Å². The van der Waals surface area contributed by atoms with Gasteiger partial charge >= 0.3 is 5.97 Å². The zero-order valence-electron chi connectivity index (χ0n) is 19.8. The lowest BCUT2D eigenvalue weighted by atomic mass is 9.97. The van der Waals surface area contributed by atoms with Crippen LogP contribution in [0.3, 0.4) is 0 Å². The monoisotopic (exact) mass is 466 g/mol. The van der Waals surface area contributed by atoms with E-state index in [0.29, 0.717) is 42.4 Å². The van der Waals surface area contributed by atoms with Crippen molar-refractivity contribution in [2.24, 2.45) is 0 Å². The molecule has 1 saturated heterocycles. The quantitative estimate of drug-likeness (QED) is 0.335. The van der Waals surface area contributed by atoms with E-state index in [0.717, 1.165) is 30.4 Å². The summed E-state index contributed by atoms with van der Waals surface area (Å²) in [6, 6.07) is 9.83. The first-order valence-corrected chi connectivity index (χ1v) is 11.6. The fourth-order valence-corrected chi connectivity index (χ4v) is 4.48. The summed E-state index contributed by atoms with van der Waals surface area (Å²) in [6.45, 7) is 3.62. The summed E-state index contributed by atoms with van der Waals surface area (Å²) in [4.78, 5) is 41.5. The number of esters is 1. The van der Waals surface area contributed by atoms with Crippen molar-refractivity contribution in [3.63, 3.8) is 0 Å². The second-order valence-electron chi connectivity index (χ2n) is 8.52. The van der Waals surface area contributed by atoms with Crippen LogP contribution < -0.4 is 14.4 Å². The first-order valence-electron chi connectivity index (χ1n) is 11.6. The predicted octanol–water partition coefficient (Wildman–Crippen LogP) is 3.35. The molecule has 0 N–H and O–H groups in total. The Morgan fingerprint density at radius 2 is 1.71 bits per heavy atom. The Morgan fingerprint density at radius 1 is 1.03 bits per heavy atom. The van der Waals surface area contributed by atoms with Gasteiger partial charge in [0.05, 0.1) is 44.5 Å². The second kappa shape index (κ2) is 10.3.